The summed E-state index contributed by atoms with van der Waals surface area (Å²) >= 11 is 0. The molecule has 3 fully saturated rings. The van der Waals surface area contributed by atoms with Crippen LogP contribution in [0.5, 0.6) is 0 Å². The number of fused-ring (bicyclic) bond motifs is 2. The van der Waals surface area contributed by atoms with Crippen LogP contribution in [0.1, 0.15) is 12.8 Å². The molecule has 0 amide bonds. The van der Waals surface area contributed by atoms with Crippen LogP contribution in [0.15, 0.2) is 47.8 Å². The molecule has 4 aliphatic heterocycles. The van der Waals surface area contributed by atoms with Crippen LogP contribution in [-0.4, -0.2) is 52.7 Å². The van der Waals surface area contributed by atoms with Crippen molar-refractivity contribution in [2.24, 2.45) is 10.9 Å². The average Bonchev–Trinajstić information content (AvgIpc) is 3.05. The molecular weight excluding hydrogens is 314 g/mol. The first-order valence-electron chi connectivity index (χ1n) is 8.90. The maximum absolute atomic E-state index is 6.34. The fourth-order valence-corrected chi connectivity index (χ4v) is 4.25. The van der Waals surface area contributed by atoms with Gasteiger partial charge >= 0.3 is 0 Å². The minimum Gasteiger partial charge on any atom is -0.455 e. The van der Waals surface area contributed by atoms with Gasteiger partial charge in [-0.05, 0) is 50.2 Å². The number of amidine groups is 1. The predicted molar refractivity (Wildman–Crippen MR) is 96.4 cm³/mol. The van der Waals surface area contributed by atoms with Crippen LogP contribution in [0.3, 0.4) is 0 Å². The van der Waals surface area contributed by atoms with Gasteiger partial charge in [0.2, 0.25) is 0 Å². The number of aromatic nitrogens is 2. The number of ether oxygens (including phenoxy) is 1. The monoisotopic (exact) mass is 335 g/mol. The Labute approximate surface area is 147 Å². The minimum absolute atomic E-state index is 0.113. The first-order chi connectivity index (χ1) is 12.3. The first-order valence-corrected chi connectivity index (χ1v) is 8.90. The van der Waals surface area contributed by atoms with E-state index in [1.807, 2.05) is 30.5 Å². The van der Waals surface area contributed by atoms with Crippen molar-refractivity contribution >= 4 is 11.7 Å². The van der Waals surface area contributed by atoms with Crippen LogP contribution in [0.25, 0.3) is 11.3 Å². The Bertz CT molecular complexity index is 800. The van der Waals surface area contributed by atoms with Crippen LogP contribution >= 0.6 is 0 Å². The molecule has 6 rings (SSSR count). The third-order valence-electron chi connectivity index (χ3n) is 5.58. The van der Waals surface area contributed by atoms with Crippen molar-refractivity contribution in [2.45, 2.75) is 18.4 Å². The van der Waals surface area contributed by atoms with Gasteiger partial charge in [-0.2, -0.15) is 0 Å². The molecule has 25 heavy (non-hydrogen) atoms. The molecule has 1 N–H and O–H groups in total. The largest absolute Gasteiger partial charge is 0.455 e. The molecule has 0 saturated carbocycles. The molecule has 6 nitrogen and oxygen atoms in total. The van der Waals surface area contributed by atoms with Crippen LogP contribution in [-0.2, 0) is 4.74 Å². The second-order valence-corrected chi connectivity index (χ2v) is 7.14. The van der Waals surface area contributed by atoms with Crippen molar-refractivity contribution < 1.29 is 4.74 Å². The third kappa shape index (κ3) is 2.66. The highest BCUT2D eigenvalue weighted by Gasteiger charge is 2.51. The van der Waals surface area contributed by atoms with Gasteiger partial charge in [-0.25, -0.2) is 4.99 Å². The number of pyridine rings is 2. The Morgan fingerprint density at radius 2 is 2.12 bits per heavy atom. The lowest BCUT2D eigenvalue weighted by Gasteiger charge is -2.50. The van der Waals surface area contributed by atoms with E-state index in [0.29, 0.717) is 11.9 Å². The van der Waals surface area contributed by atoms with E-state index < -0.39 is 0 Å². The Morgan fingerprint density at radius 3 is 2.88 bits per heavy atom. The zero-order chi connectivity index (χ0) is 16.7. The predicted octanol–water partition coefficient (Wildman–Crippen LogP) is 2.41. The Morgan fingerprint density at radius 1 is 1.20 bits per heavy atom. The number of rotatable bonds is 2. The van der Waals surface area contributed by atoms with E-state index in [2.05, 4.69) is 25.2 Å². The summed E-state index contributed by atoms with van der Waals surface area (Å²) in [7, 11) is 0. The van der Waals surface area contributed by atoms with Gasteiger partial charge in [0, 0.05) is 42.3 Å². The quantitative estimate of drug-likeness (QED) is 0.913. The van der Waals surface area contributed by atoms with Gasteiger partial charge < -0.3 is 10.1 Å². The summed E-state index contributed by atoms with van der Waals surface area (Å²) in [6, 6.07) is 8.50. The first kappa shape index (κ1) is 14.8. The van der Waals surface area contributed by atoms with Crippen LogP contribution < -0.4 is 5.32 Å². The van der Waals surface area contributed by atoms with Crippen molar-refractivity contribution in [3.05, 3.63) is 42.9 Å². The van der Waals surface area contributed by atoms with Crippen molar-refractivity contribution in [2.75, 3.05) is 31.5 Å². The molecule has 128 valence electrons. The van der Waals surface area contributed by atoms with E-state index in [0.717, 1.165) is 30.0 Å². The number of hydrogen-bond acceptors (Lipinski definition) is 6. The van der Waals surface area contributed by atoms with E-state index >= 15 is 0 Å². The van der Waals surface area contributed by atoms with Crippen LogP contribution in [0, 0.1) is 5.92 Å². The summed E-state index contributed by atoms with van der Waals surface area (Å²) in [6.07, 6.45) is 7.83. The molecule has 1 spiro atoms. The number of hydrogen-bond donors (Lipinski definition) is 1. The van der Waals surface area contributed by atoms with E-state index in [1.54, 1.807) is 12.4 Å². The zero-order valence-electron chi connectivity index (χ0n) is 14.1. The van der Waals surface area contributed by atoms with Crippen molar-refractivity contribution in [1.82, 2.24) is 14.9 Å². The molecule has 6 heteroatoms. The minimum atomic E-state index is -0.113. The highest BCUT2D eigenvalue weighted by molar-refractivity contribution is 5.91. The van der Waals surface area contributed by atoms with E-state index in [-0.39, 0.29) is 5.60 Å². The molecule has 0 radical (unpaired) electrons. The summed E-state index contributed by atoms with van der Waals surface area (Å²) in [6.45, 7) is 4.18. The highest BCUT2D eigenvalue weighted by atomic mass is 16.5. The second kappa shape index (κ2) is 5.81. The van der Waals surface area contributed by atoms with Gasteiger partial charge in [-0.15, -0.1) is 0 Å². The number of aliphatic imine (C=N–C) groups is 1. The second-order valence-electron chi connectivity index (χ2n) is 7.14. The average molecular weight is 335 g/mol. The van der Waals surface area contributed by atoms with E-state index in [1.165, 1.54) is 25.9 Å². The number of nitrogens with zero attached hydrogens (tertiary/aromatic N) is 4. The molecule has 3 saturated heterocycles. The smallest absolute Gasteiger partial charge is 0.290 e. The van der Waals surface area contributed by atoms with Gasteiger partial charge in [-0.1, -0.05) is 0 Å². The third-order valence-corrected chi connectivity index (χ3v) is 5.58. The molecule has 2 aromatic heterocycles. The maximum Gasteiger partial charge on any atom is 0.290 e. The van der Waals surface area contributed by atoms with E-state index in [9.17, 15) is 0 Å². The summed E-state index contributed by atoms with van der Waals surface area (Å²) < 4.78 is 6.34. The molecule has 6 heterocycles. The van der Waals surface area contributed by atoms with Gasteiger partial charge in [0.05, 0.1) is 12.2 Å². The lowest BCUT2D eigenvalue weighted by Crippen LogP contribution is -2.61. The Balaban J connectivity index is 1.32. The van der Waals surface area contributed by atoms with Crippen molar-refractivity contribution in [3.63, 3.8) is 0 Å². The summed E-state index contributed by atoms with van der Waals surface area (Å²) in [5, 5.41) is 3.33. The Hall–Kier alpha value is -2.47. The molecule has 0 unspecified atom stereocenters. The topological polar surface area (TPSA) is 62.6 Å². The maximum atomic E-state index is 6.34. The van der Waals surface area contributed by atoms with Crippen LogP contribution in [0.2, 0.25) is 0 Å². The zero-order valence-corrected chi connectivity index (χ0v) is 14.1. The van der Waals surface area contributed by atoms with Gasteiger partial charge in [0.1, 0.15) is 5.60 Å². The number of nitrogens with one attached hydrogen (secondary N) is 1. The fourth-order valence-electron chi connectivity index (χ4n) is 4.25. The van der Waals surface area contributed by atoms with Crippen LogP contribution in [0.4, 0.5) is 5.69 Å². The van der Waals surface area contributed by atoms with Gasteiger partial charge in [0.15, 0.2) is 0 Å². The van der Waals surface area contributed by atoms with Crippen molar-refractivity contribution in [3.8, 4) is 11.3 Å². The van der Waals surface area contributed by atoms with Gasteiger partial charge in [-0.3, -0.25) is 14.9 Å². The lowest BCUT2D eigenvalue weighted by atomic mass is 9.75. The standard InChI is InChI=1S/C19H21N5O/c1-2-14(11-20-6-1)17-10-16(3-7-21-17)23-18-22-12-19(25-18)13-24-8-4-15(19)5-9-24/h1-3,6-7,10-11,15H,4-5,8-9,12-13H2,(H,21,22,23)/t19-/m0/s1. The molecule has 1 atom stereocenters. The number of anilines is 1. The van der Waals surface area contributed by atoms with Crippen molar-refractivity contribution in [1.29, 1.82) is 0 Å². The summed E-state index contributed by atoms with van der Waals surface area (Å²) in [5.41, 5.74) is 2.70. The fraction of sp³-hybridized carbons (Fsp3) is 0.421. The van der Waals surface area contributed by atoms with Gasteiger partial charge in [0.25, 0.3) is 6.02 Å². The molecule has 0 aliphatic carbocycles. The Kier molecular flexibility index (Phi) is 3.45. The molecule has 2 bridgehead atoms. The molecule has 4 aliphatic rings. The molecule has 0 aromatic carbocycles. The molecular formula is C19H21N5O. The van der Waals surface area contributed by atoms with E-state index in [4.69, 9.17) is 4.74 Å². The highest BCUT2D eigenvalue weighted by Crippen LogP contribution is 2.40. The summed E-state index contributed by atoms with van der Waals surface area (Å²) in [5.74, 6) is 0.629. The lowest BCUT2D eigenvalue weighted by molar-refractivity contribution is -0.0829. The normalized spacial score (nSPS) is 30.2. The summed E-state index contributed by atoms with van der Waals surface area (Å²) in [4.78, 5) is 15.7. The number of piperidine rings is 3. The molecule has 2 aromatic rings. The SMILES string of the molecule is c1cncc(-c2cc(NC3=NC[C@@]4(CN5CCC4CC5)O3)ccn2)c1.